The van der Waals surface area contributed by atoms with Crippen molar-refractivity contribution in [3.8, 4) is 0 Å². The fourth-order valence-corrected chi connectivity index (χ4v) is 5.34. The first-order chi connectivity index (χ1) is 15.9. The van der Waals surface area contributed by atoms with E-state index >= 15 is 0 Å². The molecule has 0 aliphatic carbocycles. The Kier molecular flexibility index (Phi) is 7.43. The number of piperidine rings is 1. The highest BCUT2D eigenvalue weighted by molar-refractivity contribution is 6.69. The lowest BCUT2D eigenvalue weighted by atomic mass is 10.0. The summed E-state index contributed by atoms with van der Waals surface area (Å²) < 4.78 is 79.8. The molecule has 1 aromatic rings. The molecule has 0 aromatic heterocycles. The molecular formula is C22H24Cl2F6N4. The Morgan fingerprint density at radius 2 is 1.38 bits per heavy atom. The smallest absolute Gasteiger partial charge is 0.323 e. The zero-order chi connectivity index (χ0) is 24.7. The highest BCUT2D eigenvalue weighted by atomic mass is 35.5. The zero-order valence-electron chi connectivity index (χ0n) is 18.1. The minimum absolute atomic E-state index is 0.109. The second kappa shape index (κ2) is 9.87. The summed E-state index contributed by atoms with van der Waals surface area (Å²) in [6.45, 7) is 3.20. The van der Waals surface area contributed by atoms with Gasteiger partial charge in [0.15, 0.2) is 6.29 Å². The van der Waals surface area contributed by atoms with Crippen molar-refractivity contribution in [3.05, 3.63) is 46.1 Å². The number of nitrogens with zero attached hydrogens (tertiary/aromatic N) is 4. The quantitative estimate of drug-likeness (QED) is 0.348. The molecule has 0 spiro atoms. The molecule has 0 amide bonds. The van der Waals surface area contributed by atoms with Crippen LogP contribution >= 0.6 is 23.2 Å². The van der Waals surface area contributed by atoms with E-state index in [1.54, 1.807) is 0 Å². The van der Waals surface area contributed by atoms with Gasteiger partial charge in [0, 0.05) is 31.8 Å². The first-order valence-corrected chi connectivity index (χ1v) is 11.8. The number of rotatable bonds is 4. The maximum absolute atomic E-state index is 13.3. The van der Waals surface area contributed by atoms with E-state index in [1.807, 2.05) is 4.90 Å². The summed E-state index contributed by atoms with van der Waals surface area (Å²) in [5, 5.41) is 0.241. The molecule has 34 heavy (non-hydrogen) atoms. The minimum Gasteiger partial charge on any atom is -0.323 e. The van der Waals surface area contributed by atoms with Crippen LogP contribution in [-0.4, -0.2) is 58.4 Å². The summed E-state index contributed by atoms with van der Waals surface area (Å²) in [5.41, 5.74) is -2.89. The molecule has 12 heteroatoms. The first-order valence-electron chi connectivity index (χ1n) is 11.1. The molecule has 0 radical (unpaired) electrons. The molecule has 1 atom stereocenters. The zero-order valence-corrected chi connectivity index (χ0v) is 19.7. The van der Waals surface area contributed by atoms with E-state index in [-0.39, 0.29) is 28.5 Å². The van der Waals surface area contributed by atoms with Gasteiger partial charge in [-0.1, -0.05) is 23.2 Å². The molecule has 0 N–H and O–H groups in total. The molecule has 2 fully saturated rings. The molecule has 0 bridgehead atoms. The molecule has 3 aliphatic heterocycles. The van der Waals surface area contributed by atoms with Crippen LogP contribution in [0.1, 0.15) is 42.4 Å². The summed E-state index contributed by atoms with van der Waals surface area (Å²) in [5.74, 6) is 0. The van der Waals surface area contributed by atoms with Gasteiger partial charge >= 0.3 is 12.4 Å². The Bertz CT molecular complexity index is 915. The number of aliphatic imine (C=N–C) groups is 1. The van der Waals surface area contributed by atoms with Crippen molar-refractivity contribution in [1.82, 2.24) is 14.7 Å². The van der Waals surface area contributed by atoms with Crippen molar-refractivity contribution in [2.45, 2.75) is 56.9 Å². The molecule has 0 saturated carbocycles. The Balaban J connectivity index is 1.57. The molecule has 3 heterocycles. The van der Waals surface area contributed by atoms with Gasteiger partial charge < -0.3 is 9.80 Å². The van der Waals surface area contributed by atoms with Crippen LogP contribution in [0, 0.1) is 0 Å². The number of likely N-dealkylation sites (tertiary alicyclic amines) is 2. The summed E-state index contributed by atoms with van der Waals surface area (Å²) in [4.78, 5) is 10.4. The third-order valence-electron chi connectivity index (χ3n) is 6.51. The van der Waals surface area contributed by atoms with E-state index in [9.17, 15) is 26.3 Å². The lowest BCUT2D eigenvalue weighted by Gasteiger charge is -2.44. The van der Waals surface area contributed by atoms with E-state index < -0.39 is 29.8 Å². The van der Waals surface area contributed by atoms with Crippen LogP contribution in [0.2, 0.25) is 0 Å². The second-order valence-corrected chi connectivity index (χ2v) is 9.59. The summed E-state index contributed by atoms with van der Waals surface area (Å²) in [6.07, 6.45) is -5.06. The fourth-order valence-electron chi connectivity index (χ4n) is 4.84. The van der Waals surface area contributed by atoms with Crippen molar-refractivity contribution in [3.63, 3.8) is 0 Å². The van der Waals surface area contributed by atoms with Gasteiger partial charge in [-0.2, -0.15) is 26.3 Å². The standard InChI is InChI=1S/C22H24Cl2F6N4/c23-18-12-19(24)34(13-14-9-15(21(25,26)27)11-16(10-14)22(28,29)30)20(31-18)33-7-3-17(4-8-33)32-5-1-2-6-32/h9-12,17,20H,1-8,13H2. The summed E-state index contributed by atoms with van der Waals surface area (Å²) in [6, 6.07) is 2.01. The third kappa shape index (κ3) is 5.83. The van der Waals surface area contributed by atoms with Crippen LogP contribution in [0.15, 0.2) is 34.4 Å². The largest absolute Gasteiger partial charge is 0.416 e. The van der Waals surface area contributed by atoms with Crippen LogP contribution in [0.3, 0.4) is 0 Å². The van der Waals surface area contributed by atoms with Gasteiger partial charge in [0.1, 0.15) is 10.3 Å². The topological polar surface area (TPSA) is 22.1 Å². The number of benzene rings is 1. The van der Waals surface area contributed by atoms with Crippen LogP contribution in [0.25, 0.3) is 0 Å². The molecule has 1 aromatic carbocycles. The number of hydrogen-bond acceptors (Lipinski definition) is 4. The Hall–Kier alpha value is -1.49. The number of halogens is 8. The van der Waals surface area contributed by atoms with E-state index in [2.05, 4.69) is 9.89 Å². The number of hydrogen-bond donors (Lipinski definition) is 0. The van der Waals surface area contributed by atoms with Gasteiger partial charge in [-0.3, -0.25) is 4.90 Å². The van der Waals surface area contributed by atoms with Gasteiger partial charge in [0.2, 0.25) is 0 Å². The van der Waals surface area contributed by atoms with Gasteiger partial charge in [-0.25, -0.2) is 4.99 Å². The van der Waals surface area contributed by atoms with Crippen LogP contribution in [-0.2, 0) is 18.9 Å². The predicted molar refractivity (Wildman–Crippen MR) is 118 cm³/mol. The summed E-state index contributed by atoms with van der Waals surface area (Å²) >= 11 is 12.5. The third-order valence-corrected chi connectivity index (χ3v) is 7.05. The number of allylic oxidation sites excluding steroid dienone is 1. The lowest BCUT2D eigenvalue weighted by molar-refractivity contribution is -0.143. The van der Waals surface area contributed by atoms with Crippen molar-refractivity contribution in [1.29, 1.82) is 0 Å². The predicted octanol–water partition coefficient (Wildman–Crippen LogP) is 6.10. The molecule has 4 nitrogen and oxygen atoms in total. The molecule has 2 saturated heterocycles. The van der Waals surface area contributed by atoms with Crippen molar-refractivity contribution in [2.24, 2.45) is 4.99 Å². The van der Waals surface area contributed by atoms with Crippen molar-refractivity contribution in [2.75, 3.05) is 26.2 Å². The molecule has 1 unspecified atom stereocenters. The van der Waals surface area contributed by atoms with Crippen molar-refractivity contribution >= 4 is 28.4 Å². The van der Waals surface area contributed by atoms with Crippen LogP contribution < -0.4 is 0 Å². The SMILES string of the molecule is FC(F)(F)c1cc(CN2C(Cl)=CC(Cl)=NC2N2CCC(N3CCCC3)CC2)cc(C(F)(F)F)c1. The second-order valence-electron chi connectivity index (χ2n) is 8.82. The van der Waals surface area contributed by atoms with E-state index in [0.717, 1.165) is 38.1 Å². The highest BCUT2D eigenvalue weighted by Crippen LogP contribution is 2.37. The van der Waals surface area contributed by atoms with E-state index in [0.29, 0.717) is 19.1 Å². The fraction of sp³-hybridized carbons (Fsp3) is 0.591. The van der Waals surface area contributed by atoms with Crippen molar-refractivity contribution < 1.29 is 26.3 Å². The van der Waals surface area contributed by atoms with Gasteiger partial charge in [-0.05, 0) is 62.5 Å². The Morgan fingerprint density at radius 1 is 0.824 bits per heavy atom. The minimum atomic E-state index is -4.92. The highest BCUT2D eigenvalue weighted by Gasteiger charge is 2.38. The van der Waals surface area contributed by atoms with Gasteiger partial charge in [0.25, 0.3) is 0 Å². The lowest BCUT2D eigenvalue weighted by Crippen LogP contribution is -2.53. The maximum Gasteiger partial charge on any atom is 0.416 e. The Morgan fingerprint density at radius 3 is 1.91 bits per heavy atom. The molecule has 188 valence electrons. The monoisotopic (exact) mass is 528 g/mol. The normalized spacial score (nSPS) is 23.9. The molecular weight excluding hydrogens is 505 g/mol. The average molecular weight is 529 g/mol. The van der Waals surface area contributed by atoms with Crippen LogP contribution in [0.4, 0.5) is 26.3 Å². The number of alkyl halides is 6. The van der Waals surface area contributed by atoms with E-state index in [4.69, 9.17) is 23.2 Å². The molecule has 4 rings (SSSR count). The van der Waals surface area contributed by atoms with Crippen LogP contribution in [0.5, 0.6) is 0 Å². The summed E-state index contributed by atoms with van der Waals surface area (Å²) in [7, 11) is 0. The van der Waals surface area contributed by atoms with E-state index in [1.165, 1.54) is 23.8 Å². The van der Waals surface area contributed by atoms with Gasteiger partial charge in [0.05, 0.1) is 11.1 Å². The first kappa shape index (κ1) is 25.6. The molecule has 3 aliphatic rings. The Labute approximate surface area is 203 Å². The van der Waals surface area contributed by atoms with Gasteiger partial charge in [-0.15, -0.1) is 0 Å². The maximum atomic E-state index is 13.3. The average Bonchev–Trinajstić information content (AvgIpc) is 3.29.